The number of nitrogens with zero attached hydrogens (tertiary/aromatic N) is 2. The van der Waals surface area contributed by atoms with E-state index in [1.165, 1.54) is 0 Å². The van der Waals surface area contributed by atoms with Crippen LogP contribution >= 0.6 is 0 Å². The highest BCUT2D eigenvalue weighted by molar-refractivity contribution is 5.93. The van der Waals surface area contributed by atoms with Gasteiger partial charge in [-0.25, -0.2) is 0 Å². The van der Waals surface area contributed by atoms with Crippen molar-refractivity contribution in [2.45, 2.75) is 32.3 Å². The quantitative estimate of drug-likeness (QED) is 0.808. The molecule has 1 aromatic rings. The van der Waals surface area contributed by atoms with Crippen molar-refractivity contribution in [3.05, 3.63) is 30.3 Å². The summed E-state index contributed by atoms with van der Waals surface area (Å²) >= 11 is 0. The van der Waals surface area contributed by atoms with Crippen molar-refractivity contribution in [1.82, 2.24) is 4.90 Å². The van der Waals surface area contributed by atoms with Crippen LogP contribution in [-0.2, 0) is 14.3 Å². The molecule has 0 saturated carbocycles. The molecule has 120 valence electrons. The number of carbonyl (C=O) groups is 2. The number of anilines is 1. The van der Waals surface area contributed by atoms with E-state index in [-0.39, 0.29) is 17.9 Å². The largest absolute Gasteiger partial charge is 0.376 e. The van der Waals surface area contributed by atoms with Crippen molar-refractivity contribution in [2.24, 2.45) is 0 Å². The second-order valence-electron chi connectivity index (χ2n) is 5.64. The Balaban J connectivity index is 1.85. The molecule has 5 heteroatoms. The van der Waals surface area contributed by atoms with Crippen LogP contribution in [0.2, 0.25) is 0 Å². The average Bonchev–Trinajstić information content (AvgIpc) is 3.04. The summed E-state index contributed by atoms with van der Waals surface area (Å²) in [7, 11) is 1.76. The molecule has 1 unspecified atom stereocenters. The number of carbonyl (C=O) groups excluding carboxylic acids is 2. The van der Waals surface area contributed by atoms with E-state index in [4.69, 9.17) is 4.74 Å². The first-order valence-corrected chi connectivity index (χ1v) is 7.76. The number of ether oxygens (including phenoxy) is 1. The SMILES string of the molecule is CC(=O)N(CCC(=O)N(C)c1ccccc1)CC1CCCO1. The maximum atomic E-state index is 12.3. The zero-order chi connectivity index (χ0) is 15.9. The third kappa shape index (κ3) is 4.56. The Labute approximate surface area is 131 Å². The molecule has 0 N–H and O–H groups in total. The fraction of sp³-hybridized carbons (Fsp3) is 0.529. The summed E-state index contributed by atoms with van der Waals surface area (Å²) in [4.78, 5) is 27.3. The number of hydrogen-bond acceptors (Lipinski definition) is 3. The number of para-hydroxylation sites is 1. The summed E-state index contributed by atoms with van der Waals surface area (Å²) in [6.07, 6.45) is 2.47. The van der Waals surface area contributed by atoms with Crippen molar-refractivity contribution >= 4 is 17.5 Å². The first-order valence-electron chi connectivity index (χ1n) is 7.76. The Hall–Kier alpha value is -1.88. The molecule has 5 nitrogen and oxygen atoms in total. The smallest absolute Gasteiger partial charge is 0.228 e. The summed E-state index contributed by atoms with van der Waals surface area (Å²) in [5, 5.41) is 0. The minimum Gasteiger partial charge on any atom is -0.376 e. The zero-order valence-electron chi connectivity index (χ0n) is 13.3. The molecule has 0 aromatic heterocycles. The molecule has 0 bridgehead atoms. The standard InChI is InChI=1S/C17H24N2O3/c1-14(20)19(13-16-9-6-12-22-16)11-10-17(21)18(2)15-7-4-3-5-8-15/h3-5,7-8,16H,6,9-13H2,1-2H3. The van der Waals surface area contributed by atoms with Gasteiger partial charge in [0.1, 0.15) is 0 Å². The number of hydrogen-bond donors (Lipinski definition) is 0. The van der Waals surface area contributed by atoms with E-state index in [0.717, 1.165) is 25.1 Å². The summed E-state index contributed by atoms with van der Waals surface area (Å²) in [6.45, 7) is 3.33. The van der Waals surface area contributed by atoms with E-state index in [1.54, 1.807) is 23.8 Å². The first kappa shape index (κ1) is 16.5. The summed E-state index contributed by atoms with van der Waals surface area (Å²) in [5.41, 5.74) is 0.862. The fourth-order valence-corrected chi connectivity index (χ4v) is 2.61. The van der Waals surface area contributed by atoms with Crippen LogP contribution in [0.25, 0.3) is 0 Å². The minimum atomic E-state index is -0.00864. The van der Waals surface area contributed by atoms with Gasteiger partial charge in [-0.15, -0.1) is 0 Å². The topological polar surface area (TPSA) is 49.9 Å². The molecule has 2 amide bonds. The zero-order valence-corrected chi connectivity index (χ0v) is 13.3. The molecule has 22 heavy (non-hydrogen) atoms. The van der Waals surface area contributed by atoms with Gasteiger partial charge in [-0.1, -0.05) is 18.2 Å². The van der Waals surface area contributed by atoms with E-state index < -0.39 is 0 Å². The lowest BCUT2D eigenvalue weighted by Crippen LogP contribution is -2.39. The van der Waals surface area contributed by atoms with E-state index >= 15 is 0 Å². The van der Waals surface area contributed by atoms with Crippen LogP contribution in [0.5, 0.6) is 0 Å². The molecule has 2 rings (SSSR count). The van der Waals surface area contributed by atoms with Gasteiger partial charge in [0.05, 0.1) is 6.10 Å². The van der Waals surface area contributed by atoms with E-state index in [2.05, 4.69) is 0 Å². The highest BCUT2D eigenvalue weighted by Crippen LogP contribution is 2.15. The van der Waals surface area contributed by atoms with Gasteiger partial charge in [0.25, 0.3) is 0 Å². The second kappa shape index (κ2) is 7.94. The van der Waals surface area contributed by atoms with Crippen LogP contribution in [0.4, 0.5) is 5.69 Å². The lowest BCUT2D eigenvalue weighted by molar-refractivity contribution is -0.131. The summed E-state index contributed by atoms with van der Waals surface area (Å²) in [6, 6.07) is 9.51. The lowest BCUT2D eigenvalue weighted by atomic mass is 10.2. The highest BCUT2D eigenvalue weighted by Gasteiger charge is 2.21. The summed E-state index contributed by atoms with van der Waals surface area (Å²) in [5.74, 6) is -0.00421. The third-order valence-corrected chi connectivity index (χ3v) is 4.01. The van der Waals surface area contributed by atoms with Gasteiger partial charge in [0.2, 0.25) is 11.8 Å². The second-order valence-corrected chi connectivity index (χ2v) is 5.64. The number of amides is 2. The maximum absolute atomic E-state index is 12.3. The van der Waals surface area contributed by atoms with Crippen LogP contribution in [-0.4, -0.2) is 49.6 Å². The molecule has 1 saturated heterocycles. The predicted molar refractivity (Wildman–Crippen MR) is 85.7 cm³/mol. The Morgan fingerprint density at radius 3 is 2.59 bits per heavy atom. The van der Waals surface area contributed by atoms with Gasteiger partial charge in [-0.05, 0) is 25.0 Å². The normalized spacial score (nSPS) is 17.3. The van der Waals surface area contributed by atoms with Crippen LogP contribution < -0.4 is 4.90 Å². The molecule has 1 atom stereocenters. The molecule has 0 aliphatic carbocycles. The van der Waals surface area contributed by atoms with Gasteiger partial charge in [-0.3, -0.25) is 9.59 Å². The molecule has 1 aliphatic heterocycles. The highest BCUT2D eigenvalue weighted by atomic mass is 16.5. The molecule has 1 heterocycles. The van der Waals surface area contributed by atoms with Crippen LogP contribution in [0.15, 0.2) is 30.3 Å². The minimum absolute atomic E-state index is 0.00444. The molecular weight excluding hydrogens is 280 g/mol. The van der Waals surface area contributed by atoms with Crippen molar-refractivity contribution in [2.75, 3.05) is 31.6 Å². The van der Waals surface area contributed by atoms with E-state index in [9.17, 15) is 9.59 Å². The van der Waals surface area contributed by atoms with Gasteiger partial charge in [-0.2, -0.15) is 0 Å². The molecule has 1 aliphatic rings. The Morgan fingerprint density at radius 2 is 2.00 bits per heavy atom. The van der Waals surface area contributed by atoms with Crippen molar-refractivity contribution in [3.63, 3.8) is 0 Å². The Bertz CT molecular complexity index is 498. The van der Waals surface area contributed by atoms with Gasteiger partial charge >= 0.3 is 0 Å². The Kier molecular flexibility index (Phi) is 5.95. The van der Waals surface area contributed by atoms with Crippen LogP contribution in [0.1, 0.15) is 26.2 Å². The molecule has 1 fully saturated rings. The van der Waals surface area contributed by atoms with Gasteiger partial charge in [0.15, 0.2) is 0 Å². The predicted octanol–water partition coefficient (Wildman–Crippen LogP) is 2.07. The average molecular weight is 304 g/mol. The summed E-state index contributed by atoms with van der Waals surface area (Å²) < 4.78 is 5.57. The number of benzene rings is 1. The monoisotopic (exact) mass is 304 g/mol. The maximum Gasteiger partial charge on any atom is 0.228 e. The lowest BCUT2D eigenvalue weighted by Gasteiger charge is -2.25. The van der Waals surface area contributed by atoms with E-state index in [0.29, 0.717) is 19.5 Å². The Morgan fingerprint density at radius 1 is 1.27 bits per heavy atom. The van der Waals surface area contributed by atoms with Gasteiger partial charge in [0, 0.05) is 45.8 Å². The third-order valence-electron chi connectivity index (χ3n) is 4.01. The van der Waals surface area contributed by atoms with E-state index in [1.807, 2.05) is 30.3 Å². The van der Waals surface area contributed by atoms with Crippen molar-refractivity contribution in [1.29, 1.82) is 0 Å². The number of rotatable bonds is 6. The van der Waals surface area contributed by atoms with Crippen LogP contribution in [0, 0.1) is 0 Å². The van der Waals surface area contributed by atoms with Crippen LogP contribution in [0.3, 0.4) is 0 Å². The fourth-order valence-electron chi connectivity index (χ4n) is 2.61. The van der Waals surface area contributed by atoms with Gasteiger partial charge < -0.3 is 14.5 Å². The molecular formula is C17H24N2O3. The van der Waals surface area contributed by atoms with Crippen molar-refractivity contribution < 1.29 is 14.3 Å². The molecule has 0 spiro atoms. The van der Waals surface area contributed by atoms with Crippen molar-refractivity contribution in [3.8, 4) is 0 Å². The molecule has 0 radical (unpaired) electrons. The molecule has 1 aromatic carbocycles. The first-order chi connectivity index (χ1) is 10.6.